The molecule has 1 aliphatic heterocycles. The molecule has 1 saturated heterocycles. The largest absolute Gasteiger partial charge is 0.468 e. The highest BCUT2D eigenvalue weighted by Gasteiger charge is 2.35. The first-order chi connectivity index (χ1) is 7.00. The van der Waals surface area contributed by atoms with Gasteiger partial charge in [0.25, 0.3) is 5.17 Å². The van der Waals surface area contributed by atoms with Gasteiger partial charge in [-0.1, -0.05) is 0 Å². The molecular weight excluding hydrogens is 218 g/mol. The van der Waals surface area contributed by atoms with E-state index in [-0.39, 0.29) is 24.4 Å². The van der Waals surface area contributed by atoms with Crippen LogP contribution in [-0.4, -0.2) is 53.0 Å². The van der Waals surface area contributed by atoms with Gasteiger partial charge in [-0.2, -0.15) is 0 Å². The second-order valence-electron chi connectivity index (χ2n) is 3.83. The Kier molecular flexibility index (Phi) is 4.72. The maximum Gasteiger partial charge on any atom is 0.256 e. The third kappa shape index (κ3) is 3.90. The summed E-state index contributed by atoms with van der Waals surface area (Å²) in [4.78, 5) is 0. The molecule has 0 aromatic rings. The molecule has 0 saturated carbocycles. The highest BCUT2D eigenvalue weighted by Crippen LogP contribution is 2.14. The van der Waals surface area contributed by atoms with Gasteiger partial charge in [0.1, 0.15) is 24.9 Å². The maximum atomic E-state index is 9.43. The molecule has 0 aromatic carbocycles. The molecule has 1 heterocycles. The Bertz CT molecular complexity index is 224. The smallest absolute Gasteiger partial charge is 0.256 e. The first kappa shape index (κ1) is 12.6. The predicted molar refractivity (Wildman–Crippen MR) is 58.6 cm³/mol. The van der Waals surface area contributed by atoms with Crippen LogP contribution in [0.1, 0.15) is 13.8 Å². The van der Waals surface area contributed by atoms with Gasteiger partial charge in [-0.15, -0.1) is 0 Å². The van der Waals surface area contributed by atoms with E-state index in [1.165, 1.54) is 0 Å². The lowest BCUT2D eigenvalue weighted by atomic mass is 10.2. The third-order valence-electron chi connectivity index (χ3n) is 2.04. The Morgan fingerprint density at radius 3 is 2.73 bits per heavy atom. The minimum Gasteiger partial charge on any atom is -0.468 e. The lowest BCUT2D eigenvalue weighted by Gasteiger charge is -2.17. The van der Waals surface area contributed by atoms with Crippen LogP contribution in [0.5, 0.6) is 0 Å². The van der Waals surface area contributed by atoms with Gasteiger partial charge < -0.3 is 25.0 Å². The van der Waals surface area contributed by atoms with Crippen molar-refractivity contribution < 1.29 is 19.7 Å². The molecule has 6 heteroatoms. The van der Waals surface area contributed by atoms with E-state index in [9.17, 15) is 10.2 Å². The van der Waals surface area contributed by atoms with Crippen LogP contribution in [0.2, 0.25) is 0 Å². The van der Waals surface area contributed by atoms with Crippen LogP contribution < -0.4 is 5.32 Å². The topological polar surface area (TPSA) is 71.0 Å². The van der Waals surface area contributed by atoms with E-state index in [2.05, 4.69) is 5.32 Å². The van der Waals surface area contributed by atoms with Gasteiger partial charge in [-0.25, -0.2) is 0 Å². The molecule has 3 atom stereocenters. The number of ether oxygens (including phenoxy) is 2. The Hall–Kier alpha value is -0.430. The number of aliphatic hydroxyl groups excluding tert-OH is 2. The molecule has 0 radical (unpaired) electrons. The van der Waals surface area contributed by atoms with Crippen LogP contribution in [0, 0.1) is 0 Å². The molecule has 1 aliphatic rings. The van der Waals surface area contributed by atoms with Crippen molar-refractivity contribution in [2.24, 2.45) is 0 Å². The van der Waals surface area contributed by atoms with Gasteiger partial charge >= 0.3 is 0 Å². The zero-order valence-electron chi connectivity index (χ0n) is 8.84. The summed E-state index contributed by atoms with van der Waals surface area (Å²) >= 11 is 4.90. The van der Waals surface area contributed by atoms with Crippen LogP contribution in [0.25, 0.3) is 0 Å². The lowest BCUT2D eigenvalue weighted by Crippen LogP contribution is -2.37. The fourth-order valence-electron chi connectivity index (χ4n) is 1.25. The predicted octanol–water partition coefficient (Wildman–Crippen LogP) is -0.594. The van der Waals surface area contributed by atoms with Crippen LogP contribution >= 0.6 is 12.2 Å². The summed E-state index contributed by atoms with van der Waals surface area (Å²) in [6.45, 7) is 4.18. The van der Waals surface area contributed by atoms with Crippen LogP contribution in [-0.2, 0) is 9.47 Å². The lowest BCUT2D eigenvalue weighted by molar-refractivity contribution is -0.00299. The van der Waals surface area contributed by atoms with E-state index in [1.54, 1.807) is 0 Å². The summed E-state index contributed by atoms with van der Waals surface area (Å²) in [7, 11) is 0. The monoisotopic (exact) mass is 235 g/mol. The van der Waals surface area contributed by atoms with Crippen molar-refractivity contribution in [1.29, 1.82) is 0 Å². The molecule has 5 nitrogen and oxygen atoms in total. The van der Waals surface area contributed by atoms with Crippen molar-refractivity contribution in [2.75, 3.05) is 13.2 Å². The second-order valence-corrected chi connectivity index (χ2v) is 4.20. The molecule has 0 amide bonds. The van der Waals surface area contributed by atoms with Crippen molar-refractivity contribution >= 4 is 17.4 Å². The average Bonchev–Trinajstić information content (AvgIpc) is 2.44. The van der Waals surface area contributed by atoms with Crippen LogP contribution in [0.15, 0.2) is 0 Å². The first-order valence-corrected chi connectivity index (χ1v) is 5.32. The Balaban J connectivity index is 2.23. The van der Waals surface area contributed by atoms with E-state index in [1.807, 2.05) is 13.8 Å². The van der Waals surface area contributed by atoms with Gasteiger partial charge in [0, 0.05) is 6.04 Å². The zero-order chi connectivity index (χ0) is 11.4. The standard InChI is InChI=1S/C9H17NO4S/c1-5(2)10-9(15)14-4-7-8(12)6(11)3-13-7/h5-8,11-12H,3-4H2,1-2H3,(H,10,15). The normalized spacial score (nSPS) is 30.6. The number of nitrogens with one attached hydrogen (secondary N) is 1. The molecule has 3 N–H and O–H groups in total. The average molecular weight is 235 g/mol. The third-order valence-corrected chi connectivity index (χ3v) is 2.28. The zero-order valence-corrected chi connectivity index (χ0v) is 9.66. The van der Waals surface area contributed by atoms with Crippen LogP contribution in [0.3, 0.4) is 0 Å². The SMILES string of the molecule is CC(C)NC(=S)OCC1OCC(O)C1O. The maximum absolute atomic E-state index is 9.43. The Morgan fingerprint density at radius 2 is 2.27 bits per heavy atom. The van der Waals surface area contributed by atoms with Gasteiger partial charge in [0.05, 0.1) is 6.61 Å². The van der Waals surface area contributed by atoms with Gasteiger partial charge in [0.15, 0.2) is 0 Å². The number of hydrogen-bond acceptors (Lipinski definition) is 5. The molecule has 1 fully saturated rings. The number of thiocarbonyl (C=S) groups is 1. The highest BCUT2D eigenvalue weighted by molar-refractivity contribution is 7.80. The van der Waals surface area contributed by atoms with Gasteiger partial charge in [-0.05, 0) is 26.1 Å². The number of hydrogen-bond donors (Lipinski definition) is 3. The summed E-state index contributed by atoms with van der Waals surface area (Å²) in [5.74, 6) is 0. The van der Waals surface area contributed by atoms with E-state index < -0.39 is 18.3 Å². The van der Waals surface area contributed by atoms with Gasteiger partial charge in [0.2, 0.25) is 0 Å². The molecule has 1 rings (SSSR count). The van der Waals surface area contributed by atoms with Crippen molar-refractivity contribution in [3.63, 3.8) is 0 Å². The summed E-state index contributed by atoms with van der Waals surface area (Å²) in [6.07, 6.45) is -2.23. The van der Waals surface area contributed by atoms with E-state index in [0.29, 0.717) is 0 Å². The van der Waals surface area contributed by atoms with Crippen molar-refractivity contribution in [1.82, 2.24) is 5.32 Å². The van der Waals surface area contributed by atoms with Gasteiger partial charge in [-0.3, -0.25) is 0 Å². The molecule has 88 valence electrons. The first-order valence-electron chi connectivity index (χ1n) is 4.91. The Morgan fingerprint density at radius 1 is 1.60 bits per heavy atom. The van der Waals surface area contributed by atoms with Crippen molar-refractivity contribution in [3.8, 4) is 0 Å². The molecular formula is C9H17NO4S. The molecule has 15 heavy (non-hydrogen) atoms. The minimum absolute atomic E-state index is 0.138. The summed E-state index contributed by atoms with van der Waals surface area (Å²) in [5, 5.41) is 21.8. The summed E-state index contributed by atoms with van der Waals surface area (Å²) < 4.78 is 10.3. The fraction of sp³-hybridized carbons (Fsp3) is 0.889. The molecule has 0 spiro atoms. The molecule has 0 aliphatic carbocycles. The Labute approximate surface area is 94.4 Å². The molecule has 3 unspecified atom stereocenters. The van der Waals surface area contributed by atoms with E-state index >= 15 is 0 Å². The molecule has 0 aromatic heterocycles. The quantitative estimate of drug-likeness (QED) is 0.568. The minimum atomic E-state index is -0.896. The number of aliphatic hydroxyl groups is 2. The summed E-state index contributed by atoms with van der Waals surface area (Å²) in [6, 6.07) is 0.206. The van der Waals surface area contributed by atoms with E-state index in [0.717, 1.165) is 0 Å². The summed E-state index contributed by atoms with van der Waals surface area (Å²) in [5.41, 5.74) is 0. The second kappa shape index (κ2) is 5.60. The van der Waals surface area contributed by atoms with Crippen LogP contribution in [0.4, 0.5) is 0 Å². The fourth-order valence-corrected chi connectivity index (χ4v) is 1.55. The van der Waals surface area contributed by atoms with E-state index in [4.69, 9.17) is 21.7 Å². The number of rotatable bonds is 3. The highest BCUT2D eigenvalue weighted by atomic mass is 32.1. The van der Waals surface area contributed by atoms with Crippen molar-refractivity contribution in [3.05, 3.63) is 0 Å². The van der Waals surface area contributed by atoms with Crippen molar-refractivity contribution in [2.45, 2.75) is 38.2 Å². The molecule has 0 bridgehead atoms.